The Balaban J connectivity index is 2.20. The highest BCUT2D eigenvalue weighted by Crippen LogP contribution is 2.40. The molecule has 10 heteroatoms. The number of hydrogen-bond donors (Lipinski definition) is 0. The average Bonchev–Trinajstić information content (AvgIpc) is 3.11. The number of rotatable bonds is 3. The van der Waals surface area contributed by atoms with Gasteiger partial charge in [-0.25, -0.2) is 9.69 Å². The van der Waals surface area contributed by atoms with Crippen LogP contribution < -0.4 is 4.90 Å². The minimum atomic E-state index is -0.909. The summed E-state index contributed by atoms with van der Waals surface area (Å²) in [6, 6.07) is 3.63. The zero-order chi connectivity index (χ0) is 17.6. The van der Waals surface area contributed by atoms with Gasteiger partial charge in [-0.3, -0.25) is 19.7 Å². The van der Waals surface area contributed by atoms with Crippen molar-refractivity contribution in [3.63, 3.8) is 0 Å². The number of carbonyl (C=O) groups excluding carboxylic acids is 3. The van der Waals surface area contributed by atoms with Gasteiger partial charge in [-0.1, -0.05) is 11.6 Å². The second kappa shape index (κ2) is 5.69. The molecule has 0 N–H and O–H groups in total. The summed E-state index contributed by atoms with van der Waals surface area (Å²) in [6.07, 6.45) is 0. The van der Waals surface area contributed by atoms with Crippen LogP contribution in [0, 0.1) is 10.1 Å². The Bertz CT molecular complexity index is 922. The van der Waals surface area contributed by atoms with E-state index < -0.39 is 28.4 Å². The molecule has 0 saturated carbocycles. The molecular formula is C14H7ClN2O6S. The van der Waals surface area contributed by atoms with Crippen LogP contribution in [-0.4, -0.2) is 29.8 Å². The largest absolute Gasteiger partial charge is 0.465 e. The first-order valence-corrected chi connectivity index (χ1v) is 7.65. The summed E-state index contributed by atoms with van der Waals surface area (Å²) >= 11 is 6.93. The number of imide groups is 1. The molecule has 0 saturated heterocycles. The van der Waals surface area contributed by atoms with E-state index in [0.29, 0.717) is 4.90 Å². The number of thiophene rings is 1. The minimum Gasteiger partial charge on any atom is -0.465 e. The molecule has 2 aromatic rings. The predicted molar refractivity (Wildman–Crippen MR) is 84.9 cm³/mol. The van der Waals surface area contributed by atoms with E-state index >= 15 is 0 Å². The van der Waals surface area contributed by atoms with E-state index in [1.807, 2.05) is 0 Å². The van der Waals surface area contributed by atoms with Crippen molar-refractivity contribution in [2.45, 2.75) is 0 Å². The third kappa shape index (κ3) is 2.17. The number of nitrogens with zero attached hydrogens (tertiary/aromatic N) is 2. The van der Waals surface area contributed by atoms with Gasteiger partial charge >= 0.3 is 5.97 Å². The van der Waals surface area contributed by atoms with Crippen LogP contribution in [0.1, 0.15) is 30.4 Å². The van der Waals surface area contributed by atoms with E-state index in [-0.39, 0.29) is 26.7 Å². The number of ether oxygens (including phenoxy) is 1. The summed E-state index contributed by atoms with van der Waals surface area (Å²) in [5, 5.41) is 12.6. The van der Waals surface area contributed by atoms with Crippen LogP contribution in [0.15, 0.2) is 23.6 Å². The highest BCUT2D eigenvalue weighted by molar-refractivity contribution is 7.12. The zero-order valence-electron chi connectivity index (χ0n) is 11.9. The van der Waals surface area contributed by atoms with Crippen LogP contribution >= 0.6 is 22.9 Å². The molecule has 24 heavy (non-hydrogen) atoms. The molecule has 0 fully saturated rings. The molecule has 1 aromatic carbocycles. The quantitative estimate of drug-likeness (QED) is 0.358. The monoisotopic (exact) mass is 366 g/mol. The molecule has 3 rings (SSSR count). The fourth-order valence-corrected chi connectivity index (χ4v) is 3.43. The number of amides is 2. The fourth-order valence-electron chi connectivity index (χ4n) is 2.40. The Morgan fingerprint density at radius 2 is 1.92 bits per heavy atom. The van der Waals surface area contributed by atoms with Crippen LogP contribution in [0.4, 0.5) is 11.4 Å². The van der Waals surface area contributed by atoms with E-state index in [4.69, 9.17) is 11.6 Å². The van der Waals surface area contributed by atoms with Gasteiger partial charge in [-0.05, 0) is 17.5 Å². The number of methoxy groups -OCH3 is 1. The molecule has 8 nitrogen and oxygen atoms in total. The second-order valence-electron chi connectivity index (χ2n) is 4.65. The summed E-state index contributed by atoms with van der Waals surface area (Å²) in [4.78, 5) is 48.2. The lowest BCUT2D eigenvalue weighted by molar-refractivity contribution is -0.385. The normalized spacial score (nSPS) is 13.2. The summed E-state index contributed by atoms with van der Waals surface area (Å²) in [7, 11) is 1.16. The lowest BCUT2D eigenvalue weighted by atomic mass is 10.1. The summed E-state index contributed by atoms with van der Waals surface area (Å²) in [5.74, 6) is -2.46. The number of anilines is 1. The molecule has 2 heterocycles. The van der Waals surface area contributed by atoms with Gasteiger partial charge in [0.1, 0.15) is 10.4 Å². The van der Waals surface area contributed by atoms with Crippen molar-refractivity contribution >= 4 is 52.1 Å². The van der Waals surface area contributed by atoms with Crippen molar-refractivity contribution in [3.8, 4) is 0 Å². The number of halogens is 1. The molecule has 2 amide bonds. The van der Waals surface area contributed by atoms with Gasteiger partial charge in [-0.15, -0.1) is 11.3 Å². The Morgan fingerprint density at radius 1 is 1.25 bits per heavy atom. The van der Waals surface area contributed by atoms with Gasteiger partial charge in [0.05, 0.1) is 28.3 Å². The predicted octanol–water partition coefficient (Wildman–Crippen LogP) is 2.90. The number of benzene rings is 1. The van der Waals surface area contributed by atoms with Gasteiger partial charge in [0.2, 0.25) is 0 Å². The van der Waals surface area contributed by atoms with Gasteiger partial charge in [-0.2, -0.15) is 0 Å². The van der Waals surface area contributed by atoms with E-state index in [2.05, 4.69) is 4.74 Å². The summed E-state index contributed by atoms with van der Waals surface area (Å²) in [5.41, 5.74) is -1.16. The van der Waals surface area contributed by atoms with Gasteiger partial charge in [0.15, 0.2) is 0 Å². The van der Waals surface area contributed by atoms with Crippen LogP contribution in [0.3, 0.4) is 0 Å². The highest BCUT2D eigenvalue weighted by Gasteiger charge is 2.45. The van der Waals surface area contributed by atoms with Crippen molar-refractivity contribution in [2.75, 3.05) is 12.0 Å². The van der Waals surface area contributed by atoms with E-state index in [1.165, 1.54) is 17.5 Å². The number of nitro groups is 1. The Kier molecular flexibility index (Phi) is 3.82. The van der Waals surface area contributed by atoms with Crippen LogP contribution in [0.2, 0.25) is 5.02 Å². The first-order chi connectivity index (χ1) is 11.4. The molecule has 0 unspecified atom stereocenters. The van der Waals surface area contributed by atoms with E-state index in [9.17, 15) is 24.5 Å². The first-order valence-electron chi connectivity index (χ1n) is 6.40. The van der Waals surface area contributed by atoms with Crippen LogP contribution in [0.25, 0.3) is 0 Å². The topological polar surface area (TPSA) is 107 Å². The second-order valence-corrected chi connectivity index (χ2v) is 5.97. The highest BCUT2D eigenvalue weighted by atomic mass is 35.5. The Morgan fingerprint density at radius 3 is 2.54 bits per heavy atom. The molecule has 122 valence electrons. The maximum Gasteiger partial charge on any atom is 0.350 e. The number of hydrogen-bond acceptors (Lipinski definition) is 7. The van der Waals surface area contributed by atoms with E-state index in [1.54, 1.807) is 0 Å². The maximum absolute atomic E-state index is 12.6. The first kappa shape index (κ1) is 16.1. The fraction of sp³-hybridized carbons (Fsp3) is 0.0714. The summed E-state index contributed by atoms with van der Waals surface area (Å²) < 4.78 is 4.62. The molecule has 1 aliphatic heterocycles. The Labute approximate surface area is 143 Å². The van der Waals surface area contributed by atoms with Crippen molar-refractivity contribution in [3.05, 3.63) is 54.7 Å². The summed E-state index contributed by atoms with van der Waals surface area (Å²) in [6.45, 7) is 0. The van der Waals surface area contributed by atoms with Crippen LogP contribution in [-0.2, 0) is 4.74 Å². The van der Waals surface area contributed by atoms with Gasteiger partial charge in [0.25, 0.3) is 17.5 Å². The number of nitro benzene ring substituents is 1. The smallest absolute Gasteiger partial charge is 0.350 e. The standard InChI is InChI=1S/C14H7ClN2O6S/c1-23-14(20)11-8(4-5-24-11)16-12(18)9-6(15)2-3-7(17(21)22)10(9)13(16)19/h2-5H,1H3. The lowest BCUT2D eigenvalue weighted by Crippen LogP contribution is -2.30. The van der Waals surface area contributed by atoms with Crippen molar-refractivity contribution in [2.24, 2.45) is 0 Å². The lowest BCUT2D eigenvalue weighted by Gasteiger charge is -2.13. The maximum atomic E-state index is 12.6. The van der Waals surface area contributed by atoms with Crippen molar-refractivity contribution < 1.29 is 24.0 Å². The van der Waals surface area contributed by atoms with Crippen molar-refractivity contribution in [1.29, 1.82) is 0 Å². The molecule has 1 aliphatic rings. The Hall–Kier alpha value is -2.78. The van der Waals surface area contributed by atoms with E-state index in [0.717, 1.165) is 24.5 Å². The SMILES string of the molecule is COC(=O)c1sccc1N1C(=O)c2c(Cl)ccc([N+](=O)[O-])c2C1=O. The van der Waals surface area contributed by atoms with Gasteiger partial charge in [0, 0.05) is 6.07 Å². The third-order valence-electron chi connectivity index (χ3n) is 3.42. The molecule has 0 bridgehead atoms. The third-order valence-corrected chi connectivity index (χ3v) is 4.62. The zero-order valence-corrected chi connectivity index (χ0v) is 13.5. The number of fused-ring (bicyclic) bond motifs is 1. The van der Waals surface area contributed by atoms with Gasteiger partial charge < -0.3 is 4.74 Å². The minimum absolute atomic E-state index is 0.00316. The molecule has 1 aromatic heterocycles. The molecule has 0 aliphatic carbocycles. The number of carbonyl (C=O) groups is 3. The van der Waals surface area contributed by atoms with Crippen LogP contribution in [0.5, 0.6) is 0 Å². The number of esters is 1. The molecule has 0 atom stereocenters. The average molecular weight is 367 g/mol. The van der Waals surface area contributed by atoms with Crippen molar-refractivity contribution in [1.82, 2.24) is 0 Å². The molecule has 0 radical (unpaired) electrons. The molecular weight excluding hydrogens is 360 g/mol. The molecule has 0 spiro atoms.